The first-order valence-corrected chi connectivity index (χ1v) is 7.76. The predicted octanol–water partition coefficient (Wildman–Crippen LogP) is 3.86. The van der Waals surface area contributed by atoms with Crippen LogP contribution in [0.5, 0.6) is 0 Å². The second-order valence-electron chi connectivity index (χ2n) is 5.14. The number of anilines is 1. The quantitative estimate of drug-likeness (QED) is 0.462. The van der Waals surface area contributed by atoms with Gasteiger partial charge in [-0.1, -0.05) is 66.8 Å². The molecule has 0 saturated heterocycles. The van der Waals surface area contributed by atoms with Crippen molar-refractivity contribution >= 4 is 23.4 Å². The van der Waals surface area contributed by atoms with E-state index in [1.54, 1.807) is 0 Å². The zero-order valence-corrected chi connectivity index (χ0v) is 13.6. The van der Waals surface area contributed by atoms with Crippen molar-refractivity contribution in [1.29, 1.82) is 0 Å². The Labute approximate surface area is 142 Å². The number of allylic oxidation sites excluding steroid dienone is 3. The lowest BCUT2D eigenvalue weighted by Crippen LogP contribution is -2.26. The highest BCUT2D eigenvalue weighted by Gasteiger charge is 1.98. The molecule has 2 rings (SSSR count). The van der Waals surface area contributed by atoms with E-state index in [0.717, 1.165) is 17.0 Å². The number of nitrogens with one attached hydrogen (secondary N) is 2. The lowest BCUT2D eigenvalue weighted by molar-refractivity contribution is -0.119. The zero-order valence-electron chi connectivity index (χ0n) is 13.6. The molecule has 0 unspecified atom stereocenters. The summed E-state index contributed by atoms with van der Waals surface area (Å²) in [5.41, 5.74) is 5.28. The number of nitrogens with zero attached hydrogens (tertiary/aromatic N) is 1. The van der Waals surface area contributed by atoms with Crippen LogP contribution in [0.4, 0.5) is 5.69 Å². The molecule has 0 atom stereocenters. The van der Waals surface area contributed by atoms with E-state index >= 15 is 0 Å². The van der Waals surface area contributed by atoms with Crippen molar-refractivity contribution in [3.05, 3.63) is 84.5 Å². The molecule has 4 heteroatoms. The van der Waals surface area contributed by atoms with Crippen molar-refractivity contribution < 1.29 is 4.79 Å². The minimum atomic E-state index is -0.188. The molecule has 0 fully saturated rings. The summed E-state index contributed by atoms with van der Waals surface area (Å²) in [6, 6.07) is 19.6. The van der Waals surface area contributed by atoms with Crippen LogP contribution in [0.3, 0.4) is 0 Å². The van der Waals surface area contributed by atoms with Crippen molar-refractivity contribution in [3.63, 3.8) is 0 Å². The molecule has 0 aliphatic carbocycles. The fourth-order valence-electron chi connectivity index (χ4n) is 1.89. The Morgan fingerprint density at radius 3 is 2.38 bits per heavy atom. The normalized spacial score (nSPS) is 11.8. The molecule has 0 aromatic heterocycles. The molecular formula is C20H21N3O. The lowest BCUT2D eigenvalue weighted by Gasteiger charge is -2.04. The molecule has 0 radical (unpaired) electrons. The van der Waals surface area contributed by atoms with Crippen molar-refractivity contribution in [2.45, 2.75) is 6.92 Å². The molecule has 0 spiro atoms. The number of rotatable bonds is 7. The van der Waals surface area contributed by atoms with Gasteiger partial charge in [0.05, 0.1) is 12.3 Å². The van der Waals surface area contributed by atoms with E-state index in [9.17, 15) is 4.79 Å². The van der Waals surface area contributed by atoms with Crippen LogP contribution < -0.4 is 10.7 Å². The third-order valence-corrected chi connectivity index (χ3v) is 3.12. The van der Waals surface area contributed by atoms with Gasteiger partial charge in [0.2, 0.25) is 0 Å². The van der Waals surface area contributed by atoms with Crippen LogP contribution in [-0.2, 0) is 4.79 Å². The number of hydrazone groups is 1. The van der Waals surface area contributed by atoms with Gasteiger partial charge in [0.25, 0.3) is 5.91 Å². The molecule has 0 bridgehead atoms. The monoisotopic (exact) mass is 319 g/mol. The average molecular weight is 319 g/mol. The second kappa shape index (κ2) is 9.79. The Morgan fingerprint density at radius 1 is 1.00 bits per heavy atom. The van der Waals surface area contributed by atoms with E-state index in [2.05, 4.69) is 15.8 Å². The Bertz CT molecular complexity index is 719. The summed E-state index contributed by atoms with van der Waals surface area (Å²) < 4.78 is 0. The maximum Gasteiger partial charge on any atom is 0.259 e. The average Bonchev–Trinajstić information content (AvgIpc) is 2.63. The van der Waals surface area contributed by atoms with Crippen LogP contribution in [0.25, 0.3) is 6.08 Å². The molecule has 1 amide bonds. The van der Waals surface area contributed by atoms with Crippen LogP contribution in [0.1, 0.15) is 12.5 Å². The summed E-state index contributed by atoms with van der Waals surface area (Å²) in [6.07, 6.45) is 7.67. The minimum absolute atomic E-state index is 0.179. The number of hydrogen-bond donors (Lipinski definition) is 2. The Morgan fingerprint density at radius 2 is 1.67 bits per heavy atom. The zero-order chi connectivity index (χ0) is 17.0. The molecule has 0 saturated carbocycles. The Balaban J connectivity index is 1.73. The van der Waals surface area contributed by atoms with E-state index in [4.69, 9.17) is 0 Å². The summed E-state index contributed by atoms with van der Waals surface area (Å²) in [5, 5.41) is 7.07. The summed E-state index contributed by atoms with van der Waals surface area (Å²) >= 11 is 0. The number of amides is 1. The van der Waals surface area contributed by atoms with E-state index in [1.165, 1.54) is 0 Å². The standard InChI is InChI=1S/C20H21N3O/c1-17(10-8-9-13-18-11-4-2-5-12-18)22-23-20(24)16-21-19-14-6-3-7-15-19/h2-15,21H,16H2,1H3,(H,23,24). The molecule has 2 aromatic rings. The molecule has 0 aliphatic rings. The van der Waals surface area contributed by atoms with Gasteiger partial charge >= 0.3 is 0 Å². The van der Waals surface area contributed by atoms with Gasteiger partial charge in [-0.2, -0.15) is 5.10 Å². The first-order chi connectivity index (χ1) is 11.7. The van der Waals surface area contributed by atoms with Gasteiger partial charge < -0.3 is 5.32 Å². The molecule has 24 heavy (non-hydrogen) atoms. The van der Waals surface area contributed by atoms with E-state index < -0.39 is 0 Å². The highest BCUT2D eigenvalue weighted by Crippen LogP contribution is 2.03. The molecular weight excluding hydrogens is 298 g/mol. The minimum Gasteiger partial charge on any atom is -0.376 e. The fraction of sp³-hybridized carbons (Fsp3) is 0.100. The molecule has 2 N–H and O–H groups in total. The maximum absolute atomic E-state index is 11.7. The molecule has 2 aromatic carbocycles. The SMILES string of the molecule is CC(C=CC=Cc1ccccc1)=NNC(=O)CNc1ccccc1. The maximum atomic E-state index is 11.7. The number of hydrogen-bond acceptors (Lipinski definition) is 3. The lowest BCUT2D eigenvalue weighted by atomic mass is 10.2. The highest BCUT2D eigenvalue weighted by molar-refractivity contribution is 5.94. The number of carbonyl (C=O) groups excluding carboxylic acids is 1. The second-order valence-corrected chi connectivity index (χ2v) is 5.14. The van der Waals surface area contributed by atoms with Crippen LogP contribution in [0.15, 0.2) is 84.0 Å². The first kappa shape index (κ1) is 17.2. The number of para-hydroxylation sites is 1. The van der Waals surface area contributed by atoms with E-state index in [-0.39, 0.29) is 12.5 Å². The largest absolute Gasteiger partial charge is 0.376 e. The molecule has 122 valence electrons. The van der Waals surface area contributed by atoms with Gasteiger partial charge in [-0.05, 0) is 30.7 Å². The fourth-order valence-corrected chi connectivity index (χ4v) is 1.89. The summed E-state index contributed by atoms with van der Waals surface area (Å²) in [5.74, 6) is -0.188. The highest BCUT2D eigenvalue weighted by atomic mass is 16.2. The van der Waals surface area contributed by atoms with Gasteiger partial charge in [-0.3, -0.25) is 4.79 Å². The van der Waals surface area contributed by atoms with Crippen molar-refractivity contribution in [3.8, 4) is 0 Å². The number of benzene rings is 2. The van der Waals surface area contributed by atoms with Gasteiger partial charge in [0, 0.05) is 5.69 Å². The smallest absolute Gasteiger partial charge is 0.259 e. The first-order valence-electron chi connectivity index (χ1n) is 7.76. The van der Waals surface area contributed by atoms with Gasteiger partial charge in [0.1, 0.15) is 0 Å². The number of carbonyl (C=O) groups is 1. The summed E-state index contributed by atoms with van der Waals surface area (Å²) in [7, 11) is 0. The van der Waals surface area contributed by atoms with Crippen molar-refractivity contribution in [2.24, 2.45) is 5.10 Å². The van der Waals surface area contributed by atoms with Crippen molar-refractivity contribution in [2.75, 3.05) is 11.9 Å². The van der Waals surface area contributed by atoms with E-state index in [1.807, 2.05) is 91.9 Å². The van der Waals surface area contributed by atoms with Crippen LogP contribution in [-0.4, -0.2) is 18.2 Å². The topological polar surface area (TPSA) is 53.5 Å². The Kier molecular flexibility index (Phi) is 7.02. The third kappa shape index (κ3) is 6.75. The van der Waals surface area contributed by atoms with Crippen LogP contribution >= 0.6 is 0 Å². The molecule has 0 heterocycles. The van der Waals surface area contributed by atoms with E-state index in [0.29, 0.717) is 0 Å². The van der Waals surface area contributed by atoms with Crippen LogP contribution in [0, 0.1) is 0 Å². The van der Waals surface area contributed by atoms with Gasteiger partial charge in [-0.15, -0.1) is 0 Å². The predicted molar refractivity (Wildman–Crippen MR) is 101 cm³/mol. The van der Waals surface area contributed by atoms with Crippen molar-refractivity contribution in [1.82, 2.24) is 5.43 Å². The van der Waals surface area contributed by atoms with Gasteiger partial charge in [-0.25, -0.2) is 5.43 Å². The molecule has 0 aliphatic heterocycles. The van der Waals surface area contributed by atoms with Crippen LogP contribution in [0.2, 0.25) is 0 Å². The molecule has 4 nitrogen and oxygen atoms in total. The Hall–Kier alpha value is -3.14. The van der Waals surface area contributed by atoms with Gasteiger partial charge in [0.15, 0.2) is 0 Å². The summed E-state index contributed by atoms with van der Waals surface area (Å²) in [6.45, 7) is 2.01. The summed E-state index contributed by atoms with van der Waals surface area (Å²) in [4.78, 5) is 11.7. The third-order valence-electron chi connectivity index (χ3n) is 3.12.